The van der Waals surface area contributed by atoms with E-state index < -0.39 is 0 Å². The molecule has 30 heavy (non-hydrogen) atoms. The van der Waals surface area contributed by atoms with E-state index in [4.69, 9.17) is 0 Å². The Hall–Kier alpha value is -3.41. The van der Waals surface area contributed by atoms with Crippen LogP contribution in [0.5, 0.6) is 0 Å². The number of carbonyl (C=O) groups excluding carboxylic acids is 2. The number of anilines is 1. The second-order valence-electron chi connectivity index (χ2n) is 7.61. The van der Waals surface area contributed by atoms with Crippen molar-refractivity contribution in [3.8, 4) is 5.69 Å². The number of benzene rings is 2. The highest BCUT2D eigenvalue weighted by Crippen LogP contribution is 2.22. The van der Waals surface area contributed by atoms with Crippen molar-refractivity contribution in [2.45, 2.75) is 41.0 Å². The summed E-state index contributed by atoms with van der Waals surface area (Å²) in [6.45, 7) is 9.84. The van der Waals surface area contributed by atoms with E-state index in [1.165, 1.54) is 0 Å². The van der Waals surface area contributed by atoms with Crippen LogP contribution in [-0.2, 0) is 11.2 Å². The molecule has 6 nitrogen and oxygen atoms in total. The van der Waals surface area contributed by atoms with Gasteiger partial charge in [-0.3, -0.25) is 9.59 Å². The van der Waals surface area contributed by atoms with Crippen LogP contribution < -0.4 is 10.6 Å². The van der Waals surface area contributed by atoms with Gasteiger partial charge in [0, 0.05) is 5.69 Å². The number of hydrogen-bond acceptors (Lipinski definition) is 3. The van der Waals surface area contributed by atoms with E-state index in [9.17, 15) is 9.59 Å². The predicted octanol–water partition coefficient (Wildman–Crippen LogP) is 4.04. The Morgan fingerprint density at radius 3 is 2.20 bits per heavy atom. The lowest BCUT2D eigenvalue weighted by Gasteiger charge is -2.13. The lowest BCUT2D eigenvalue weighted by molar-refractivity contribution is -0.115. The van der Waals surface area contributed by atoms with Crippen LogP contribution in [0, 0.1) is 27.7 Å². The van der Waals surface area contributed by atoms with Crippen molar-refractivity contribution < 1.29 is 9.59 Å². The third kappa shape index (κ3) is 4.59. The summed E-state index contributed by atoms with van der Waals surface area (Å²) in [6, 6.07) is 12.0. The number of amides is 2. The maximum Gasteiger partial charge on any atom is 0.255 e. The Bertz CT molecular complexity index is 1060. The summed E-state index contributed by atoms with van der Waals surface area (Å²) < 4.78 is 1.77. The van der Waals surface area contributed by atoms with Crippen LogP contribution in [0.4, 0.5) is 5.69 Å². The van der Waals surface area contributed by atoms with E-state index in [2.05, 4.69) is 15.7 Å². The minimum Gasteiger partial charge on any atom is -0.343 e. The first-order chi connectivity index (χ1) is 14.3. The minimum atomic E-state index is -0.308. The first-order valence-electron chi connectivity index (χ1n) is 10.1. The number of aryl methyl sites for hydroxylation is 4. The number of hydrogen-bond donors (Lipinski definition) is 2. The normalized spacial score (nSPS) is 10.7. The third-order valence-electron chi connectivity index (χ3n) is 5.08. The molecule has 2 amide bonds. The molecule has 0 aliphatic heterocycles. The van der Waals surface area contributed by atoms with Gasteiger partial charge in [-0.25, -0.2) is 4.68 Å². The highest BCUT2D eigenvalue weighted by atomic mass is 16.2. The molecule has 156 valence electrons. The van der Waals surface area contributed by atoms with Crippen molar-refractivity contribution in [1.82, 2.24) is 15.1 Å². The smallest absolute Gasteiger partial charge is 0.255 e. The zero-order chi connectivity index (χ0) is 21.8. The molecule has 2 N–H and O–H groups in total. The van der Waals surface area contributed by atoms with Gasteiger partial charge in [0.15, 0.2) is 0 Å². The topological polar surface area (TPSA) is 76.0 Å². The van der Waals surface area contributed by atoms with Crippen LogP contribution in [0.15, 0.2) is 42.6 Å². The van der Waals surface area contributed by atoms with Gasteiger partial charge in [0.1, 0.15) is 0 Å². The van der Waals surface area contributed by atoms with Gasteiger partial charge < -0.3 is 10.6 Å². The molecule has 0 radical (unpaired) electrons. The summed E-state index contributed by atoms with van der Waals surface area (Å²) in [6.07, 6.45) is 2.20. The maximum atomic E-state index is 12.7. The van der Waals surface area contributed by atoms with Gasteiger partial charge in [-0.2, -0.15) is 5.10 Å². The van der Waals surface area contributed by atoms with Gasteiger partial charge in [0.05, 0.1) is 29.7 Å². The van der Waals surface area contributed by atoms with Gasteiger partial charge in [0.25, 0.3) is 5.91 Å². The van der Waals surface area contributed by atoms with Crippen LogP contribution in [0.3, 0.4) is 0 Å². The quantitative estimate of drug-likeness (QED) is 0.651. The average molecular weight is 405 g/mol. The Balaban J connectivity index is 1.69. The highest BCUT2D eigenvalue weighted by Gasteiger charge is 2.18. The second-order valence-corrected chi connectivity index (χ2v) is 7.61. The maximum absolute atomic E-state index is 12.7. The van der Waals surface area contributed by atoms with Crippen LogP contribution in [0.25, 0.3) is 5.69 Å². The number of carbonyl (C=O) groups is 2. The SMILES string of the molecule is CCc1c(C(=O)NCC(=O)Nc2c(C)cc(C)cc2C)cnn1-c1ccc(C)cc1. The lowest BCUT2D eigenvalue weighted by atomic mass is 10.1. The number of nitrogens with one attached hydrogen (secondary N) is 2. The van der Waals surface area contributed by atoms with Crippen LogP contribution in [-0.4, -0.2) is 28.1 Å². The summed E-state index contributed by atoms with van der Waals surface area (Å²) in [7, 11) is 0. The monoisotopic (exact) mass is 404 g/mol. The number of rotatable bonds is 6. The van der Waals surface area contributed by atoms with E-state index in [1.54, 1.807) is 10.9 Å². The van der Waals surface area contributed by atoms with E-state index in [0.717, 1.165) is 39.3 Å². The van der Waals surface area contributed by atoms with Crippen molar-refractivity contribution in [2.75, 3.05) is 11.9 Å². The van der Waals surface area contributed by atoms with Gasteiger partial charge in [0.2, 0.25) is 5.91 Å². The van der Waals surface area contributed by atoms with E-state index >= 15 is 0 Å². The van der Waals surface area contributed by atoms with Crippen molar-refractivity contribution in [3.05, 3.63) is 76.1 Å². The largest absolute Gasteiger partial charge is 0.343 e. The van der Waals surface area contributed by atoms with E-state index in [0.29, 0.717) is 12.0 Å². The molecule has 0 atom stereocenters. The summed E-state index contributed by atoms with van der Waals surface area (Å²) in [5.74, 6) is -0.569. The fourth-order valence-electron chi connectivity index (χ4n) is 3.63. The Kier molecular flexibility index (Phi) is 6.35. The zero-order valence-corrected chi connectivity index (χ0v) is 18.2. The van der Waals surface area contributed by atoms with Crippen molar-refractivity contribution >= 4 is 17.5 Å². The molecule has 0 spiro atoms. The molecule has 0 bridgehead atoms. The molecule has 3 rings (SSSR count). The highest BCUT2D eigenvalue weighted by molar-refractivity contribution is 6.00. The standard InChI is InChI=1S/C24H28N4O2/c1-6-21-20(13-26-28(21)19-9-7-15(2)8-10-19)24(30)25-14-22(29)27-23-17(4)11-16(3)12-18(23)5/h7-13H,6,14H2,1-5H3,(H,25,30)(H,27,29). The Labute approximate surface area is 177 Å². The summed E-state index contributed by atoms with van der Waals surface area (Å²) in [5, 5.41) is 10.0. The summed E-state index contributed by atoms with van der Waals surface area (Å²) in [5.41, 5.74) is 7.29. The Morgan fingerprint density at radius 2 is 1.60 bits per heavy atom. The fourth-order valence-corrected chi connectivity index (χ4v) is 3.63. The first-order valence-corrected chi connectivity index (χ1v) is 10.1. The van der Waals surface area contributed by atoms with Gasteiger partial charge in [-0.15, -0.1) is 0 Å². The molecule has 0 aliphatic rings. The predicted molar refractivity (Wildman–Crippen MR) is 119 cm³/mol. The van der Waals surface area contributed by atoms with Crippen molar-refractivity contribution in [2.24, 2.45) is 0 Å². The fraction of sp³-hybridized carbons (Fsp3) is 0.292. The minimum absolute atomic E-state index is 0.107. The van der Waals surface area contributed by atoms with Gasteiger partial charge >= 0.3 is 0 Å². The summed E-state index contributed by atoms with van der Waals surface area (Å²) in [4.78, 5) is 25.1. The van der Waals surface area contributed by atoms with Crippen LogP contribution in [0.2, 0.25) is 0 Å². The molecule has 0 unspecified atom stereocenters. The van der Waals surface area contributed by atoms with Gasteiger partial charge in [-0.1, -0.05) is 42.3 Å². The van der Waals surface area contributed by atoms with Crippen LogP contribution in [0.1, 0.15) is 45.2 Å². The first kappa shape index (κ1) is 21.3. The lowest BCUT2D eigenvalue weighted by Crippen LogP contribution is -2.33. The molecule has 1 heterocycles. The molecule has 0 saturated carbocycles. The molecule has 6 heteroatoms. The molecular weight excluding hydrogens is 376 g/mol. The zero-order valence-electron chi connectivity index (χ0n) is 18.2. The third-order valence-corrected chi connectivity index (χ3v) is 5.08. The molecule has 1 aromatic heterocycles. The number of nitrogens with zero attached hydrogens (tertiary/aromatic N) is 2. The average Bonchev–Trinajstić information content (AvgIpc) is 3.13. The van der Waals surface area contributed by atoms with Crippen molar-refractivity contribution in [1.29, 1.82) is 0 Å². The van der Waals surface area contributed by atoms with Crippen LogP contribution >= 0.6 is 0 Å². The van der Waals surface area contributed by atoms with Gasteiger partial charge in [-0.05, 0) is 57.4 Å². The van der Waals surface area contributed by atoms with E-state index in [-0.39, 0.29) is 18.4 Å². The molecule has 0 aliphatic carbocycles. The molecular formula is C24H28N4O2. The molecule has 2 aromatic carbocycles. The molecule has 0 fully saturated rings. The molecule has 0 saturated heterocycles. The Morgan fingerprint density at radius 1 is 0.967 bits per heavy atom. The summed E-state index contributed by atoms with van der Waals surface area (Å²) >= 11 is 0. The van der Waals surface area contributed by atoms with Crippen molar-refractivity contribution in [3.63, 3.8) is 0 Å². The van der Waals surface area contributed by atoms with E-state index in [1.807, 2.05) is 71.0 Å². The second kappa shape index (κ2) is 8.95. The molecule has 3 aromatic rings. The number of aromatic nitrogens is 2.